The fourth-order valence-corrected chi connectivity index (χ4v) is 8.86. The lowest BCUT2D eigenvalue weighted by molar-refractivity contribution is -0.281. The lowest BCUT2D eigenvalue weighted by Crippen LogP contribution is -2.52. The van der Waals surface area contributed by atoms with E-state index in [0.717, 1.165) is 0 Å². The van der Waals surface area contributed by atoms with E-state index in [2.05, 4.69) is 157 Å². The molecule has 0 amide bonds. The van der Waals surface area contributed by atoms with Crippen LogP contribution in [0.3, 0.4) is 0 Å². The second kappa shape index (κ2) is 22.8. The smallest absolute Gasteiger partial charge is 0.183 e. The quantitative estimate of drug-likeness (QED) is 0.0796. The lowest BCUT2D eigenvalue weighted by Gasteiger charge is -2.46. The highest BCUT2D eigenvalue weighted by atomic mass is 32.1. The fraction of sp³-hybridized carbons (Fsp3) is 0.522. The van der Waals surface area contributed by atoms with Crippen LogP contribution in [0.1, 0.15) is 103 Å². The Morgan fingerprint density at radius 2 is 1.07 bits per heavy atom. The van der Waals surface area contributed by atoms with E-state index < -0.39 is 22.2 Å². The van der Waals surface area contributed by atoms with Gasteiger partial charge in [0.05, 0.1) is 36.4 Å². The molecule has 312 valence electrons. The molecule has 56 heavy (non-hydrogen) atoms. The summed E-state index contributed by atoms with van der Waals surface area (Å²) in [7, 11) is -3.20. The van der Waals surface area contributed by atoms with Crippen LogP contribution < -0.4 is 0 Å². The van der Waals surface area contributed by atoms with Gasteiger partial charge < -0.3 is 14.1 Å². The van der Waals surface area contributed by atoms with E-state index in [0.29, 0.717) is 25.0 Å². The highest BCUT2D eigenvalue weighted by molar-refractivity contribution is 7.08. The Labute approximate surface area is 351 Å². The van der Waals surface area contributed by atoms with Gasteiger partial charge in [-0.2, -0.15) is 32.8 Å². The highest BCUT2D eigenvalue weighted by Gasteiger charge is 2.39. The van der Waals surface area contributed by atoms with Crippen LogP contribution in [-0.2, 0) is 13.7 Å². The highest BCUT2D eigenvalue weighted by Crippen LogP contribution is 2.39. The largest absolute Gasteiger partial charge is 0.416 e. The van der Waals surface area contributed by atoms with Crippen molar-refractivity contribution in [2.24, 2.45) is 11.8 Å². The minimum absolute atomic E-state index is 0.00138. The van der Waals surface area contributed by atoms with E-state index in [1.807, 2.05) is 56.3 Å². The third kappa shape index (κ3) is 17.3. The molecule has 4 aromatic rings. The maximum atomic E-state index is 10.7. The van der Waals surface area contributed by atoms with Crippen molar-refractivity contribution in [2.45, 2.75) is 131 Å². The number of benzene rings is 2. The first kappa shape index (κ1) is 49.9. The molecule has 2 aromatic heterocycles. The van der Waals surface area contributed by atoms with Gasteiger partial charge in [0.1, 0.15) is 6.10 Å². The van der Waals surface area contributed by atoms with E-state index in [4.69, 9.17) is 13.7 Å². The Hall–Kier alpha value is -2.23. The predicted molar refractivity (Wildman–Crippen MR) is 248 cm³/mol. The molecule has 1 N–H and O–H groups in total. The van der Waals surface area contributed by atoms with Crippen LogP contribution >= 0.6 is 22.7 Å². The lowest BCUT2D eigenvalue weighted by atomic mass is 9.93. The monoisotopic (exact) mass is 838 g/mol. The van der Waals surface area contributed by atoms with E-state index in [-0.39, 0.29) is 23.7 Å². The molecule has 0 radical (unpaired) electrons. The van der Waals surface area contributed by atoms with Gasteiger partial charge in [-0.1, -0.05) is 101 Å². The number of hydroxylamine groups is 4. The first-order valence-corrected chi connectivity index (χ1v) is 28.7. The van der Waals surface area contributed by atoms with Crippen molar-refractivity contribution < 1.29 is 18.9 Å². The molecule has 6 nitrogen and oxygen atoms in total. The average Bonchev–Trinajstić information content (AvgIpc) is 3.86. The number of hydrogen-bond donors (Lipinski definition) is 1. The van der Waals surface area contributed by atoms with Crippen molar-refractivity contribution >= 4 is 45.4 Å². The van der Waals surface area contributed by atoms with Crippen LogP contribution in [0, 0.1) is 11.8 Å². The zero-order valence-corrected chi connectivity index (χ0v) is 40.8. The summed E-state index contributed by atoms with van der Waals surface area (Å²) in [6.07, 6.45) is 1.80. The van der Waals surface area contributed by atoms with Gasteiger partial charge in [-0.15, -0.1) is 0 Å². The predicted octanol–water partition coefficient (Wildman–Crippen LogP) is 14.2. The maximum absolute atomic E-state index is 10.7. The molecule has 0 spiro atoms. The molecule has 0 aliphatic heterocycles. The van der Waals surface area contributed by atoms with Gasteiger partial charge in [0.15, 0.2) is 16.6 Å². The van der Waals surface area contributed by atoms with Crippen molar-refractivity contribution in [2.75, 3.05) is 13.2 Å². The second-order valence-electron chi connectivity index (χ2n) is 18.4. The number of nitrogens with zero attached hydrogens (tertiary/aromatic N) is 2. The first-order valence-electron chi connectivity index (χ1n) is 20.0. The summed E-state index contributed by atoms with van der Waals surface area (Å²) in [5.74, 6) is 0.740. The molecule has 0 fully saturated rings. The Morgan fingerprint density at radius 1 is 0.643 bits per heavy atom. The molecular weight excluding hydrogens is 765 g/mol. The Balaban J connectivity index is 0.000000334. The summed E-state index contributed by atoms with van der Waals surface area (Å²) in [5, 5.41) is 23.0. The van der Waals surface area contributed by atoms with Crippen LogP contribution in [-0.4, -0.2) is 56.3 Å². The summed E-state index contributed by atoms with van der Waals surface area (Å²) in [5.41, 5.74) is 4.17. The van der Waals surface area contributed by atoms with Gasteiger partial charge in [0, 0.05) is 0 Å². The topological polar surface area (TPSA) is 54.4 Å². The third-order valence-electron chi connectivity index (χ3n) is 9.06. The molecule has 10 heteroatoms. The maximum Gasteiger partial charge on any atom is 0.183 e. The van der Waals surface area contributed by atoms with Crippen LogP contribution in [0.25, 0.3) is 6.08 Å². The fourth-order valence-electron chi connectivity index (χ4n) is 5.91. The van der Waals surface area contributed by atoms with Crippen LogP contribution in [0.2, 0.25) is 39.3 Å². The molecule has 0 bridgehead atoms. The summed E-state index contributed by atoms with van der Waals surface area (Å²) in [4.78, 5) is 6.69. The van der Waals surface area contributed by atoms with E-state index in [1.54, 1.807) is 22.7 Å². The normalized spacial score (nSPS) is 14.2. The van der Waals surface area contributed by atoms with Crippen LogP contribution in [0.15, 0.2) is 101 Å². The molecule has 3 unspecified atom stereocenters. The van der Waals surface area contributed by atoms with Crippen molar-refractivity contribution in [1.82, 2.24) is 10.1 Å². The van der Waals surface area contributed by atoms with Gasteiger partial charge in [-0.25, -0.2) is 0 Å². The molecular formula is C46H74N2O4S2Si2. The number of hydrogen-bond acceptors (Lipinski definition) is 8. The SMILES string of the molecule is C=Cc1ccccc1.CC(C)C(c1ccsc1)N(O)C(C)(C)CO[Si](C)(C)C.CC(ON(C(c1ccsc1)C(C)C)C(C)(C)CO[Si](C)(C)C)c1ccccc1. The Morgan fingerprint density at radius 3 is 1.45 bits per heavy atom. The zero-order valence-electron chi connectivity index (χ0n) is 37.2. The van der Waals surface area contributed by atoms with E-state index >= 15 is 0 Å². The van der Waals surface area contributed by atoms with Crippen molar-refractivity contribution in [3.05, 3.63) is 123 Å². The molecule has 2 heterocycles. The summed E-state index contributed by atoms with van der Waals surface area (Å²) in [6, 6.07) is 24.9. The van der Waals surface area contributed by atoms with E-state index in [9.17, 15) is 5.21 Å². The third-order valence-corrected chi connectivity index (χ3v) is 12.5. The molecule has 0 aliphatic carbocycles. The summed E-state index contributed by atoms with van der Waals surface area (Å²) >= 11 is 3.41. The van der Waals surface area contributed by atoms with Gasteiger partial charge in [-0.3, -0.25) is 4.84 Å². The van der Waals surface area contributed by atoms with Crippen molar-refractivity contribution in [3.63, 3.8) is 0 Å². The van der Waals surface area contributed by atoms with E-state index in [1.165, 1.54) is 27.3 Å². The zero-order chi connectivity index (χ0) is 42.3. The van der Waals surface area contributed by atoms with Gasteiger partial charge in [-0.05, 0) is 142 Å². The Kier molecular flexibility index (Phi) is 20.3. The van der Waals surface area contributed by atoms with Gasteiger partial charge >= 0.3 is 0 Å². The van der Waals surface area contributed by atoms with Crippen molar-refractivity contribution in [1.29, 1.82) is 0 Å². The molecule has 2 aromatic carbocycles. The van der Waals surface area contributed by atoms with Gasteiger partial charge in [0.25, 0.3) is 0 Å². The molecule has 4 rings (SSSR count). The molecule has 0 saturated carbocycles. The Bertz CT molecular complexity index is 1620. The second-order valence-corrected chi connectivity index (χ2v) is 28.9. The van der Waals surface area contributed by atoms with Crippen molar-refractivity contribution in [3.8, 4) is 0 Å². The van der Waals surface area contributed by atoms with Gasteiger partial charge in [0.2, 0.25) is 0 Å². The minimum atomic E-state index is -1.63. The minimum Gasteiger partial charge on any atom is -0.416 e. The average molecular weight is 839 g/mol. The summed E-state index contributed by atoms with van der Waals surface area (Å²) < 4.78 is 12.3. The number of rotatable bonds is 18. The standard InChI is InChI=1S/C23H37NO2SSi.C15H29NO2SSi.C8H8/c1-18(2)22(21-14-15-27-16-21)24(23(4,5)17-25-28(6,7)8)26-19(3)20-12-10-9-11-13-20;1-12(2)14(13-8-9-19-10-13)16(17)15(3,4)11-18-20(5,6)7;1-2-8-6-4-3-5-7-8/h9-16,18-19,22H,17H2,1-8H3;8-10,12,14,17H,11H2,1-7H3;2-7H,1H2. The molecule has 0 aliphatic rings. The summed E-state index contributed by atoms with van der Waals surface area (Å²) in [6.45, 7) is 37.5. The van der Waals surface area contributed by atoms with Crippen LogP contribution in [0.5, 0.6) is 0 Å². The molecule has 3 atom stereocenters. The van der Waals surface area contributed by atoms with Crippen LogP contribution in [0.4, 0.5) is 0 Å². The number of thiophene rings is 2. The first-order chi connectivity index (χ1) is 26.0. The molecule has 0 saturated heterocycles.